The molecule has 0 spiro atoms. The van der Waals surface area contributed by atoms with E-state index in [-0.39, 0.29) is 16.3 Å². The molecule has 0 bridgehead atoms. The molecule has 0 aliphatic rings. The second-order valence-corrected chi connectivity index (χ2v) is 5.84. The first-order chi connectivity index (χ1) is 12.3. The van der Waals surface area contributed by atoms with Crippen LogP contribution in [0.4, 0.5) is 15.9 Å². The topological polar surface area (TPSA) is 90.1 Å². The van der Waals surface area contributed by atoms with Gasteiger partial charge in [0.15, 0.2) is 0 Å². The number of aromatic nitrogens is 2. The van der Waals surface area contributed by atoms with Crippen LogP contribution >= 0.6 is 11.6 Å². The predicted octanol–water partition coefficient (Wildman–Crippen LogP) is 4.13. The number of benzene rings is 2. The summed E-state index contributed by atoms with van der Waals surface area (Å²) in [5.41, 5.74) is 1.22. The van der Waals surface area contributed by atoms with Gasteiger partial charge in [-0.25, -0.2) is 9.07 Å². The van der Waals surface area contributed by atoms with Crippen molar-refractivity contribution in [2.45, 2.75) is 6.92 Å². The molecule has 132 valence electrons. The summed E-state index contributed by atoms with van der Waals surface area (Å²) in [4.78, 5) is 22.7. The molecule has 0 atom stereocenters. The van der Waals surface area contributed by atoms with Gasteiger partial charge in [0.05, 0.1) is 26.9 Å². The molecule has 3 rings (SSSR count). The van der Waals surface area contributed by atoms with Gasteiger partial charge in [0, 0.05) is 18.2 Å². The molecule has 0 saturated carbocycles. The third-order valence-corrected chi connectivity index (χ3v) is 3.87. The standard InChI is InChI=1S/C17H12ClFN4O3/c1-10-8-16(20-17(24)14-7-2-11(19)9-15(14)18)22(21-10)12-3-5-13(6-4-12)23(25)26/h2-9H,1H3,(H,20,24). The smallest absolute Gasteiger partial charge is 0.269 e. The van der Waals surface area contributed by atoms with E-state index in [1.807, 2.05) is 0 Å². The number of amides is 1. The van der Waals surface area contributed by atoms with Crippen molar-refractivity contribution in [2.24, 2.45) is 0 Å². The van der Waals surface area contributed by atoms with Gasteiger partial charge in [0.2, 0.25) is 0 Å². The van der Waals surface area contributed by atoms with E-state index < -0.39 is 16.6 Å². The van der Waals surface area contributed by atoms with Crippen molar-refractivity contribution < 1.29 is 14.1 Å². The lowest BCUT2D eigenvalue weighted by Gasteiger charge is -2.10. The normalized spacial score (nSPS) is 10.6. The Balaban J connectivity index is 1.92. The van der Waals surface area contributed by atoms with Gasteiger partial charge in [0.25, 0.3) is 11.6 Å². The molecule has 0 saturated heterocycles. The molecule has 26 heavy (non-hydrogen) atoms. The van der Waals surface area contributed by atoms with E-state index in [2.05, 4.69) is 10.4 Å². The van der Waals surface area contributed by atoms with E-state index in [9.17, 15) is 19.3 Å². The van der Waals surface area contributed by atoms with Crippen LogP contribution in [-0.4, -0.2) is 20.6 Å². The average molecular weight is 375 g/mol. The number of halogens is 2. The summed E-state index contributed by atoms with van der Waals surface area (Å²) in [7, 11) is 0. The minimum absolute atomic E-state index is 0.0133. The first-order valence-electron chi connectivity index (χ1n) is 7.43. The number of carbonyl (C=O) groups excluding carboxylic acids is 1. The maximum absolute atomic E-state index is 13.1. The Morgan fingerprint density at radius 1 is 1.23 bits per heavy atom. The number of anilines is 1. The SMILES string of the molecule is Cc1cc(NC(=O)c2ccc(F)cc2Cl)n(-c2ccc([N+](=O)[O-])cc2)n1. The van der Waals surface area contributed by atoms with E-state index >= 15 is 0 Å². The van der Waals surface area contributed by atoms with Gasteiger partial charge in [-0.15, -0.1) is 0 Å². The van der Waals surface area contributed by atoms with Gasteiger partial charge in [-0.05, 0) is 37.3 Å². The second kappa shape index (κ2) is 6.93. The number of nitrogens with one attached hydrogen (secondary N) is 1. The van der Waals surface area contributed by atoms with Gasteiger partial charge in [0.1, 0.15) is 11.6 Å². The molecular formula is C17H12ClFN4O3. The third kappa shape index (κ3) is 3.55. The van der Waals surface area contributed by atoms with Crippen LogP contribution in [0.5, 0.6) is 0 Å². The van der Waals surface area contributed by atoms with E-state index in [0.29, 0.717) is 17.2 Å². The summed E-state index contributed by atoms with van der Waals surface area (Å²) in [5.74, 6) is -0.724. The van der Waals surface area contributed by atoms with E-state index in [0.717, 1.165) is 12.1 Å². The highest BCUT2D eigenvalue weighted by Gasteiger charge is 2.16. The average Bonchev–Trinajstić information content (AvgIpc) is 2.95. The summed E-state index contributed by atoms with van der Waals surface area (Å²) in [5, 5.41) is 17.7. The third-order valence-electron chi connectivity index (χ3n) is 3.55. The number of hydrogen-bond acceptors (Lipinski definition) is 4. The quantitative estimate of drug-likeness (QED) is 0.549. The molecule has 9 heteroatoms. The number of hydrogen-bond donors (Lipinski definition) is 1. The molecule has 0 aliphatic carbocycles. The summed E-state index contributed by atoms with van der Waals surface area (Å²) in [6, 6.07) is 10.8. The summed E-state index contributed by atoms with van der Waals surface area (Å²) in [6.45, 7) is 1.74. The minimum atomic E-state index is -0.543. The van der Waals surface area contributed by atoms with Gasteiger partial charge in [-0.1, -0.05) is 11.6 Å². The van der Waals surface area contributed by atoms with Crippen molar-refractivity contribution in [1.29, 1.82) is 0 Å². The van der Waals surface area contributed by atoms with Crippen molar-refractivity contribution in [3.63, 3.8) is 0 Å². The Labute approximate surface area is 152 Å². The number of non-ortho nitro benzene ring substituents is 1. The number of nitro groups is 1. The lowest BCUT2D eigenvalue weighted by Crippen LogP contribution is -2.15. The largest absolute Gasteiger partial charge is 0.306 e. The number of rotatable bonds is 4. The molecule has 1 amide bonds. The van der Waals surface area contributed by atoms with Crippen LogP contribution in [0.2, 0.25) is 5.02 Å². The highest BCUT2D eigenvalue weighted by atomic mass is 35.5. The zero-order chi connectivity index (χ0) is 18.8. The summed E-state index contributed by atoms with van der Waals surface area (Å²) < 4.78 is 14.6. The van der Waals surface area contributed by atoms with Crippen LogP contribution < -0.4 is 5.32 Å². The summed E-state index contributed by atoms with van der Waals surface area (Å²) in [6.07, 6.45) is 0. The van der Waals surface area contributed by atoms with Crippen molar-refractivity contribution in [1.82, 2.24) is 9.78 Å². The fourth-order valence-corrected chi connectivity index (χ4v) is 2.61. The highest BCUT2D eigenvalue weighted by Crippen LogP contribution is 2.22. The molecule has 3 aromatic rings. The van der Waals surface area contributed by atoms with Crippen molar-refractivity contribution in [2.75, 3.05) is 5.32 Å². The predicted molar refractivity (Wildman–Crippen MR) is 94.3 cm³/mol. The molecule has 0 unspecified atom stereocenters. The van der Waals surface area contributed by atoms with Gasteiger partial charge in [-0.3, -0.25) is 14.9 Å². The number of nitro benzene ring substituents is 1. The summed E-state index contributed by atoms with van der Waals surface area (Å²) >= 11 is 5.91. The van der Waals surface area contributed by atoms with E-state index in [1.165, 1.54) is 35.0 Å². The second-order valence-electron chi connectivity index (χ2n) is 5.43. The minimum Gasteiger partial charge on any atom is -0.306 e. The zero-order valence-electron chi connectivity index (χ0n) is 13.4. The molecule has 1 heterocycles. The molecule has 0 aliphatic heterocycles. The van der Waals surface area contributed by atoms with Gasteiger partial charge < -0.3 is 5.32 Å². The number of carbonyl (C=O) groups is 1. The van der Waals surface area contributed by atoms with Crippen LogP contribution in [0, 0.1) is 22.9 Å². The van der Waals surface area contributed by atoms with Crippen LogP contribution in [0.25, 0.3) is 5.69 Å². The molecular weight excluding hydrogens is 363 g/mol. The van der Waals surface area contributed by atoms with Gasteiger partial charge >= 0.3 is 0 Å². The molecule has 0 radical (unpaired) electrons. The maximum Gasteiger partial charge on any atom is 0.269 e. The molecule has 0 fully saturated rings. The van der Waals surface area contributed by atoms with Gasteiger partial charge in [-0.2, -0.15) is 5.10 Å². The lowest BCUT2D eigenvalue weighted by molar-refractivity contribution is -0.384. The Morgan fingerprint density at radius 3 is 2.54 bits per heavy atom. The highest BCUT2D eigenvalue weighted by molar-refractivity contribution is 6.34. The van der Waals surface area contributed by atoms with E-state index in [4.69, 9.17) is 11.6 Å². The Hall–Kier alpha value is -3.26. The molecule has 1 N–H and O–H groups in total. The van der Waals surface area contributed by atoms with Crippen LogP contribution in [0.1, 0.15) is 16.1 Å². The van der Waals surface area contributed by atoms with Crippen molar-refractivity contribution >= 4 is 29.0 Å². The molecule has 1 aromatic heterocycles. The zero-order valence-corrected chi connectivity index (χ0v) is 14.2. The van der Waals surface area contributed by atoms with Crippen LogP contribution in [0.3, 0.4) is 0 Å². The van der Waals surface area contributed by atoms with Crippen LogP contribution in [-0.2, 0) is 0 Å². The van der Waals surface area contributed by atoms with Crippen molar-refractivity contribution in [3.8, 4) is 5.69 Å². The Kier molecular flexibility index (Phi) is 4.68. The first-order valence-corrected chi connectivity index (χ1v) is 7.81. The Morgan fingerprint density at radius 2 is 1.92 bits per heavy atom. The number of nitrogens with zero attached hydrogens (tertiary/aromatic N) is 3. The molecule has 2 aromatic carbocycles. The molecule has 7 nitrogen and oxygen atoms in total. The van der Waals surface area contributed by atoms with Crippen molar-refractivity contribution in [3.05, 3.63) is 80.7 Å². The first kappa shape index (κ1) is 17.6. The maximum atomic E-state index is 13.1. The fraction of sp³-hybridized carbons (Fsp3) is 0.0588. The lowest BCUT2D eigenvalue weighted by atomic mass is 10.2. The number of aryl methyl sites for hydroxylation is 1. The fourth-order valence-electron chi connectivity index (χ4n) is 2.36. The van der Waals surface area contributed by atoms with E-state index in [1.54, 1.807) is 13.0 Å². The van der Waals surface area contributed by atoms with Crippen LogP contribution in [0.15, 0.2) is 48.5 Å². The monoisotopic (exact) mass is 374 g/mol. The Bertz CT molecular complexity index is 1000.